The fraction of sp³-hybridized carbons (Fsp3) is 0.182. The second-order valence-electron chi connectivity index (χ2n) is 3.32. The first-order valence-corrected chi connectivity index (χ1v) is 4.76. The van der Waals surface area contributed by atoms with Gasteiger partial charge < -0.3 is 10.0 Å². The van der Waals surface area contributed by atoms with Crippen LogP contribution < -0.4 is 0 Å². The van der Waals surface area contributed by atoms with Crippen LogP contribution in [-0.4, -0.2) is 30.1 Å². The summed E-state index contributed by atoms with van der Waals surface area (Å²) >= 11 is 5.72. The number of aliphatic carboxylic acids is 1. The average Bonchev–Trinajstić information content (AvgIpc) is 2.15. The molecule has 0 spiro atoms. The van der Waals surface area contributed by atoms with Crippen molar-refractivity contribution in [3.63, 3.8) is 0 Å². The largest absolute Gasteiger partial charge is 0.478 e. The van der Waals surface area contributed by atoms with Gasteiger partial charge in [-0.2, -0.15) is 0 Å². The normalized spacial score (nSPS) is 11.3. The van der Waals surface area contributed by atoms with Gasteiger partial charge in [0.25, 0.3) is 0 Å². The van der Waals surface area contributed by atoms with Crippen molar-refractivity contribution in [2.45, 2.75) is 0 Å². The van der Waals surface area contributed by atoms with Gasteiger partial charge in [0.1, 0.15) is 0 Å². The van der Waals surface area contributed by atoms with E-state index in [1.165, 1.54) is 0 Å². The number of carboxylic acids is 1. The van der Waals surface area contributed by atoms with E-state index < -0.39 is 5.97 Å². The zero-order valence-electron chi connectivity index (χ0n) is 8.57. The Balaban J connectivity index is 3.11. The van der Waals surface area contributed by atoms with Gasteiger partial charge in [-0.05, 0) is 17.7 Å². The number of benzene rings is 1. The molecule has 0 atom stereocenters. The molecule has 0 heterocycles. The minimum atomic E-state index is -0.953. The van der Waals surface area contributed by atoms with Gasteiger partial charge in [-0.1, -0.05) is 23.7 Å². The fourth-order valence-corrected chi connectivity index (χ4v) is 1.27. The molecule has 3 nitrogen and oxygen atoms in total. The number of halogens is 1. The molecule has 1 aromatic carbocycles. The summed E-state index contributed by atoms with van der Waals surface area (Å²) in [6.07, 6.45) is 1.56. The van der Waals surface area contributed by atoms with E-state index in [2.05, 4.69) is 0 Å². The van der Waals surface area contributed by atoms with Crippen molar-refractivity contribution in [3.05, 3.63) is 41.1 Å². The van der Waals surface area contributed by atoms with Crippen molar-refractivity contribution in [1.82, 2.24) is 4.90 Å². The third-order valence-corrected chi connectivity index (χ3v) is 2.02. The van der Waals surface area contributed by atoms with E-state index in [9.17, 15) is 4.79 Å². The SMILES string of the molecule is CN(C)/C=C(/C(=O)O)c1ccc(Cl)cc1. The Bertz CT molecular complexity index is 382. The van der Waals surface area contributed by atoms with E-state index in [0.29, 0.717) is 10.6 Å². The van der Waals surface area contributed by atoms with Gasteiger partial charge in [0.05, 0.1) is 5.57 Å². The highest BCUT2D eigenvalue weighted by atomic mass is 35.5. The van der Waals surface area contributed by atoms with Crippen LogP contribution in [0.1, 0.15) is 5.56 Å². The second kappa shape index (κ2) is 4.84. The first-order chi connectivity index (χ1) is 7.00. The lowest BCUT2D eigenvalue weighted by molar-refractivity contribution is -0.130. The molecule has 0 unspecified atom stereocenters. The summed E-state index contributed by atoms with van der Waals surface area (Å²) in [7, 11) is 3.55. The standard InChI is InChI=1S/C11H12ClNO2/c1-13(2)7-10(11(14)15)8-3-5-9(12)6-4-8/h3-7H,1-2H3,(H,14,15)/b10-7+. The van der Waals surface area contributed by atoms with Gasteiger partial charge in [-0.15, -0.1) is 0 Å². The Kier molecular flexibility index (Phi) is 3.74. The molecule has 15 heavy (non-hydrogen) atoms. The van der Waals surface area contributed by atoms with Crippen molar-refractivity contribution < 1.29 is 9.90 Å². The molecule has 1 aromatic rings. The molecule has 0 aliphatic carbocycles. The van der Waals surface area contributed by atoms with Crippen molar-refractivity contribution in [2.24, 2.45) is 0 Å². The Hall–Kier alpha value is -1.48. The fourth-order valence-electron chi connectivity index (χ4n) is 1.14. The van der Waals surface area contributed by atoms with Crippen LogP contribution in [0.15, 0.2) is 30.5 Å². The molecule has 0 saturated heterocycles. The van der Waals surface area contributed by atoms with E-state index in [1.54, 1.807) is 49.5 Å². The molecule has 1 N–H and O–H groups in total. The summed E-state index contributed by atoms with van der Waals surface area (Å²) < 4.78 is 0. The predicted molar refractivity (Wildman–Crippen MR) is 60.8 cm³/mol. The first kappa shape index (κ1) is 11.6. The van der Waals surface area contributed by atoms with Gasteiger partial charge in [-0.3, -0.25) is 0 Å². The highest BCUT2D eigenvalue weighted by molar-refractivity contribution is 6.30. The minimum Gasteiger partial charge on any atom is -0.478 e. The number of carbonyl (C=O) groups is 1. The summed E-state index contributed by atoms with van der Waals surface area (Å²) in [5.41, 5.74) is 0.886. The molecule has 0 amide bonds. The van der Waals surface area contributed by atoms with Crippen molar-refractivity contribution >= 4 is 23.1 Å². The van der Waals surface area contributed by atoms with Crippen LogP contribution >= 0.6 is 11.6 Å². The minimum absolute atomic E-state index is 0.247. The number of nitrogens with zero attached hydrogens (tertiary/aromatic N) is 1. The van der Waals surface area contributed by atoms with E-state index in [-0.39, 0.29) is 5.57 Å². The average molecular weight is 226 g/mol. The molecule has 1 rings (SSSR count). The number of carboxylic acid groups (broad SMARTS) is 1. The van der Waals surface area contributed by atoms with Gasteiger partial charge >= 0.3 is 5.97 Å². The molecule has 0 radical (unpaired) electrons. The second-order valence-corrected chi connectivity index (χ2v) is 3.75. The highest BCUT2D eigenvalue weighted by Crippen LogP contribution is 2.18. The Morgan fingerprint density at radius 3 is 2.27 bits per heavy atom. The van der Waals surface area contributed by atoms with Gasteiger partial charge in [0.2, 0.25) is 0 Å². The highest BCUT2D eigenvalue weighted by Gasteiger charge is 2.10. The van der Waals surface area contributed by atoms with Crippen molar-refractivity contribution in [2.75, 3.05) is 14.1 Å². The van der Waals surface area contributed by atoms with Gasteiger partial charge in [0.15, 0.2) is 0 Å². The monoisotopic (exact) mass is 225 g/mol. The van der Waals surface area contributed by atoms with Crippen molar-refractivity contribution in [3.8, 4) is 0 Å². The summed E-state index contributed by atoms with van der Waals surface area (Å²) in [6.45, 7) is 0. The quantitative estimate of drug-likeness (QED) is 0.803. The number of hydrogen-bond acceptors (Lipinski definition) is 2. The third kappa shape index (κ3) is 3.29. The van der Waals surface area contributed by atoms with Gasteiger partial charge in [-0.25, -0.2) is 4.79 Å². The van der Waals surface area contributed by atoms with Crippen LogP contribution in [0.25, 0.3) is 5.57 Å². The lowest BCUT2D eigenvalue weighted by Crippen LogP contribution is -2.08. The Morgan fingerprint density at radius 1 is 1.33 bits per heavy atom. The predicted octanol–water partition coefficient (Wildman–Crippen LogP) is 2.33. The lowest BCUT2D eigenvalue weighted by atomic mass is 10.1. The molecule has 0 aromatic heterocycles. The molecule has 80 valence electrons. The maximum Gasteiger partial charge on any atom is 0.337 e. The maximum absolute atomic E-state index is 11.0. The van der Waals surface area contributed by atoms with Crippen molar-refractivity contribution in [1.29, 1.82) is 0 Å². The molecule has 4 heteroatoms. The third-order valence-electron chi connectivity index (χ3n) is 1.77. The maximum atomic E-state index is 11.0. The first-order valence-electron chi connectivity index (χ1n) is 4.38. The summed E-state index contributed by atoms with van der Waals surface area (Å²) in [4.78, 5) is 12.7. The van der Waals surface area contributed by atoms with E-state index in [0.717, 1.165) is 0 Å². The summed E-state index contributed by atoms with van der Waals surface area (Å²) in [5, 5.41) is 9.61. The molecule has 0 aliphatic rings. The smallest absolute Gasteiger partial charge is 0.337 e. The molecule has 0 bridgehead atoms. The van der Waals surface area contributed by atoms with Gasteiger partial charge in [0, 0.05) is 25.3 Å². The zero-order valence-corrected chi connectivity index (χ0v) is 9.32. The topological polar surface area (TPSA) is 40.5 Å². The number of hydrogen-bond donors (Lipinski definition) is 1. The van der Waals surface area contributed by atoms with Crippen LogP contribution in [0.5, 0.6) is 0 Å². The van der Waals surface area contributed by atoms with Crippen LogP contribution in [-0.2, 0) is 4.79 Å². The van der Waals surface area contributed by atoms with E-state index >= 15 is 0 Å². The van der Waals surface area contributed by atoms with Crippen LogP contribution in [0.4, 0.5) is 0 Å². The Labute approximate surface area is 93.6 Å². The molecule has 0 aliphatic heterocycles. The van der Waals surface area contributed by atoms with E-state index in [1.807, 2.05) is 0 Å². The molecular formula is C11H12ClNO2. The summed E-state index contributed by atoms with van der Waals surface area (Å²) in [6, 6.07) is 6.71. The summed E-state index contributed by atoms with van der Waals surface area (Å²) in [5.74, 6) is -0.953. The van der Waals surface area contributed by atoms with Crippen LogP contribution in [0, 0.1) is 0 Å². The van der Waals surface area contributed by atoms with E-state index in [4.69, 9.17) is 16.7 Å². The molecule has 0 saturated carbocycles. The molecule has 0 fully saturated rings. The van der Waals surface area contributed by atoms with Crippen LogP contribution in [0.2, 0.25) is 5.02 Å². The Morgan fingerprint density at radius 2 is 1.87 bits per heavy atom. The number of rotatable bonds is 3. The molecular weight excluding hydrogens is 214 g/mol. The van der Waals surface area contributed by atoms with Crippen LogP contribution in [0.3, 0.4) is 0 Å². The zero-order chi connectivity index (χ0) is 11.4. The lowest BCUT2D eigenvalue weighted by Gasteiger charge is -2.08.